The van der Waals surface area contributed by atoms with Crippen LogP contribution in [0, 0.1) is 0 Å². The average molecular weight is 235 g/mol. The second-order valence-corrected chi connectivity index (χ2v) is 4.78. The summed E-state index contributed by atoms with van der Waals surface area (Å²) in [5, 5.41) is 22.3. The lowest BCUT2D eigenvalue weighted by molar-refractivity contribution is 0.223. The van der Waals surface area contributed by atoms with E-state index < -0.39 is 0 Å². The molecule has 0 saturated carbocycles. The van der Waals surface area contributed by atoms with E-state index in [4.69, 9.17) is 0 Å². The summed E-state index contributed by atoms with van der Waals surface area (Å²) in [7, 11) is 0. The lowest BCUT2D eigenvalue weighted by Crippen LogP contribution is -2.36. The zero-order valence-electron chi connectivity index (χ0n) is 10.3. The molecule has 0 heterocycles. The molecule has 0 aromatic heterocycles. The molecule has 3 N–H and O–H groups in total. The van der Waals surface area contributed by atoms with Crippen LogP contribution in [0.1, 0.15) is 43.4 Å². The Morgan fingerprint density at radius 3 is 3.00 bits per heavy atom. The molecule has 94 valence electrons. The highest BCUT2D eigenvalue weighted by Crippen LogP contribution is 2.32. The number of benzene rings is 1. The van der Waals surface area contributed by atoms with Gasteiger partial charge in [0.2, 0.25) is 0 Å². The van der Waals surface area contributed by atoms with E-state index in [9.17, 15) is 10.2 Å². The molecule has 2 rings (SSSR count). The Kier molecular flexibility index (Phi) is 4.02. The number of hydrogen-bond donors (Lipinski definition) is 3. The highest BCUT2D eigenvalue weighted by Gasteiger charge is 2.22. The fraction of sp³-hybridized carbons (Fsp3) is 0.571. The normalized spacial score (nSPS) is 20.9. The summed E-state index contributed by atoms with van der Waals surface area (Å²) in [6, 6.07) is 6.04. The highest BCUT2D eigenvalue weighted by atomic mass is 16.3. The lowest BCUT2D eigenvalue weighted by atomic mass is 9.87. The van der Waals surface area contributed by atoms with E-state index in [0.717, 1.165) is 25.7 Å². The summed E-state index contributed by atoms with van der Waals surface area (Å²) in [6.45, 7) is 2.24. The van der Waals surface area contributed by atoms with Crippen LogP contribution >= 0.6 is 0 Å². The summed E-state index contributed by atoms with van der Waals surface area (Å²) in [4.78, 5) is 0. The number of aliphatic hydroxyl groups is 1. The minimum atomic E-state index is 0.147. The number of aryl methyl sites for hydroxylation is 1. The zero-order chi connectivity index (χ0) is 12.3. The molecule has 0 bridgehead atoms. The van der Waals surface area contributed by atoms with Crippen LogP contribution in [0.3, 0.4) is 0 Å². The Hall–Kier alpha value is -1.06. The molecular weight excluding hydrogens is 214 g/mol. The van der Waals surface area contributed by atoms with Crippen LogP contribution in [0.4, 0.5) is 0 Å². The van der Waals surface area contributed by atoms with Crippen molar-refractivity contribution in [2.24, 2.45) is 0 Å². The van der Waals surface area contributed by atoms with Gasteiger partial charge in [-0.15, -0.1) is 0 Å². The summed E-state index contributed by atoms with van der Waals surface area (Å²) >= 11 is 0. The van der Waals surface area contributed by atoms with Crippen molar-refractivity contribution >= 4 is 0 Å². The van der Waals surface area contributed by atoms with Crippen molar-refractivity contribution in [3.05, 3.63) is 29.3 Å². The minimum absolute atomic E-state index is 0.147. The molecule has 1 aliphatic carbocycles. The molecule has 1 aromatic rings. The van der Waals surface area contributed by atoms with Crippen molar-refractivity contribution in [2.45, 2.75) is 44.7 Å². The third-order valence-electron chi connectivity index (χ3n) is 3.59. The lowest BCUT2D eigenvalue weighted by Gasteiger charge is -2.29. The molecule has 0 fully saturated rings. The van der Waals surface area contributed by atoms with Gasteiger partial charge in [-0.25, -0.2) is 0 Å². The molecule has 0 amide bonds. The molecule has 3 heteroatoms. The Labute approximate surface area is 102 Å². The Morgan fingerprint density at radius 2 is 2.29 bits per heavy atom. The zero-order valence-corrected chi connectivity index (χ0v) is 10.3. The Balaban J connectivity index is 2.18. The third-order valence-corrected chi connectivity index (χ3v) is 3.59. The van der Waals surface area contributed by atoms with Gasteiger partial charge in [-0.2, -0.15) is 0 Å². The number of phenolic OH excluding ortho intramolecular Hbond substituents is 1. The van der Waals surface area contributed by atoms with Crippen LogP contribution in [-0.2, 0) is 6.42 Å². The minimum Gasteiger partial charge on any atom is -0.508 e. The maximum absolute atomic E-state index is 9.58. The summed E-state index contributed by atoms with van der Waals surface area (Å²) in [6.07, 6.45) is 4.25. The van der Waals surface area contributed by atoms with Crippen molar-refractivity contribution in [1.29, 1.82) is 0 Å². The van der Waals surface area contributed by atoms with E-state index >= 15 is 0 Å². The number of hydrogen-bond acceptors (Lipinski definition) is 3. The maximum Gasteiger partial charge on any atom is 0.115 e. The van der Waals surface area contributed by atoms with Crippen LogP contribution < -0.4 is 5.32 Å². The molecule has 2 atom stereocenters. The van der Waals surface area contributed by atoms with E-state index in [-0.39, 0.29) is 18.7 Å². The Bertz CT molecular complexity index is 374. The number of aliphatic hydroxyl groups excluding tert-OH is 1. The molecule has 3 nitrogen and oxygen atoms in total. The first-order chi connectivity index (χ1) is 8.24. The molecule has 0 spiro atoms. The molecule has 1 aromatic carbocycles. The first kappa shape index (κ1) is 12.4. The SMILES string of the molecule is CC[C@@H](CO)NC1CCCc2ccc(O)cc21. The molecule has 0 radical (unpaired) electrons. The molecule has 17 heavy (non-hydrogen) atoms. The van der Waals surface area contributed by atoms with Crippen molar-refractivity contribution < 1.29 is 10.2 Å². The molecule has 0 aliphatic heterocycles. The molecular formula is C14H21NO2. The predicted octanol–water partition coefficient (Wildman–Crippen LogP) is 2.13. The van der Waals surface area contributed by atoms with Crippen molar-refractivity contribution in [2.75, 3.05) is 6.61 Å². The van der Waals surface area contributed by atoms with Gasteiger partial charge >= 0.3 is 0 Å². The predicted molar refractivity (Wildman–Crippen MR) is 68.1 cm³/mol. The number of fused-ring (bicyclic) bond motifs is 1. The van der Waals surface area contributed by atoms with Gasteiger partial charge in [-0.3, -0.25) is 0 Å². The third kappa shape index (κ3) is 2.79. The largest absolute Gasteiger partial charge is 0.508 e. The van der Waals surface area contributed by atoms with E-state index in [1.54, 1.807) is 6.07 Å². The van der Waals surface area contributed by atoms with Gasteiger partial charge in [-0.1, -0.05) is 13.0 Å². The average Bonchev–Trinajstić information content (AvgIpc) is 2.36. The second kappa shape index (κ2) is 5.52. The van der Waals surface area contributed by atoms with Gasteiger partial charge in [0, 0.05) is 12.1 Å². The summed E-state index contributed by atoms with van der Waals surface area (Å²) in [5.41, 5.74) is 2.52. The van der Waals surface area contributed by atoms with Crippen molar-refractivity contribution in [1.82, 2.24) is 5.32 Å². The quantitative estimate of drug-likeness (QED) is 0.749. The number of phenols is 1. The van der Waals surface area contributed by atoms with Crippen LogP contribution in [0.15, 0.2) is 18.2 Å². The van der Waals surface area contributed by atoms with E-state index in [1.807, 2.05) is 12.1 Å². The fourth-order valence-electron chi connectivity index (χ4n) is 2.54. The first-order valence-corrected chi connectivity index (χ1v) is 6.43. The second-order valence-electron chi connectivity index (χ2n) is 4.78. The van der Waals surface area contributed by atoms with Gasteiger partial charge in [-0.05, 0) is 48.9 Å². The van der Waals surface area contributed by atoms with E-state index in [0.29, 0.717) is 5.75 Å². The van der Waals surface area contributed by atoms with Crippen molar-refractivity contribution in [3.63, 3.8) is 0 Å². The van der Waals surface area contributed by atoms with Crippen LogP contribution in [0.2, 0.25) is 0 Å². The van der Waals surface area contributed by atoms with E-state index in [2.05, 4.69) is 12.2 Å². The van der Waals surface area contributed by atoms with Gasteiger partial charge < -0.3 is 15.5 Å². The smallest absolute Gasteiger partial charge is 0.115 e. The van der Waals surface area contributed by atoms with Crippen LogP contribution in [0.5, 0.6) is 5.75 Å². The van der Waals surface area contributed by atoms with Gasteiger partial charge in [0.25, 0.3) is 0 Å². The Morgan fingerprint density at radius 1 is 1.47 bits per heavy atom. The molecule has 1 aliphatic rings. The number of aromatic hydroxyl groups is 1. The molecule has 0 saturated heterocycles. The fourth-order valence-corrected chi connectivity index (χ4v) is 2.54. The van der Waals surface area contributed by atoms with Crippen LogP contribution in [0.25, 0.3) is 0 Å². The van der Waals surface area contributed by atoms with Gasteiger partial charge in [0.15, 0.2) is 0 Å². The molecule has 1 unspecified atom stereocenters. The first-order valence-electron chi connectivity index (χ1n) is 6.43. The van der Waals surface area contributed by atoms with Gasteiger partial charge in [0.1, 0.15) is 5.75 Å². The van der Waals surface area contributed by atoms with Gasteiger partial charge in [0.05, 0.1) is 6.61 Å². The number of nitrogens with one attached hydrogen (secondary N) is 1. The van der Waals surface area contributed by atoms with Crippen LogP contribution in [-0.4, -0.2) is 22.9 Å². The van der Waals surface area contributed by atoms with E-state index in [1.165, 1.54) is 11.1 Å². The number of rotatable bonds is 4. The summed E-state index contributed by atoms with van der Waals surface area (Å²) in [5.74, 6) is 0.328. The topological polar surface area (TPSA) is 52.5 Å². The summed E-state index contributed by atoms with van der Waals surface area (Å²) < 4.78 is 0. The van der Waals surface area contributed by atoms with Crippen molar-refractivity contribution in [3.8, 4) is 5.75 Å². The standard InChI is InChI=1S/C14H21NO2/c1-2-11(9-16)15-14-5-3-4-10-6-7-12(17)8-13(10)14/h6-8,11,14-17H,2-5,9H2,1H3/t11-,14?/m0/s1. The monoisotopic (exact) mass is 235 g/mol. The maximum atomic E-state index is 9.58. The highest BCUT2D eigenvalue weighted by molar-refractivity contribution is 5.38.